The first-order valence-electron chi connectivity index (χ1n) is 10.1. The molecule has 7 nitrogen and oxygen atoms in total. The fourth-order valence-electron chi connectivity index (χ4n) is 4.25. The van der Waals surface area contributed by atoms with Crippen molar-refractivity contribution < 1.29 is 13.2 Å². The normalized spacial score (nSPS) is 17.3. The maximum absolute atomic E-state index is 13.5. The van der Waals surface area contributed by atoms with Gasteiger partial charge in [-0.05, 0) is 62.9 Å². The van der Waals surface area contributed by atoms with Crippen LogP contribution in [0.15, 0.2) is 36.4 Å². The molecule has 2 N–H and O–H groups in total. The van der Waals surface area contributed by atoms with E-state index in [-0.39, 0.29) is 11.9 Å². The van der Waals surface area contributed by atoms with E-state index in [1.807, 2.05) is 30.9 Å². The lowest BCUT2D eigenvalue weighted by atomic mass is 9.98. The molecule has 158 valence electrons. The predicted octanol–water partition coefficient (Wildman–Crippen LogP) is 3.92. The van der Waals surface area contributed by atoms with Crippen molar-refractivity contribution in [3.63, 3.8) is 0 Å². The number of aromatic nitrogens is 2. The Balaban J connectivity index is 1.72. The zero-order valence-corrected chi connectivity index (χ0v) is 18.2. The van der Waals surface area contributed by atoms with Gasteiger partial charge >= 0.3 is 0 Å². The minimum Gasteiger partial charge on any atom is -0.355 e. The average Bonchev–Trinajstić information content (AvgIpc) is 3.11. The molecule has 1 aromatic carbocycles. The molecular weight excluding hydrogens is 400 g/mol. The van der Waals surface area contributed by atoms with E-state index in [0.29, 0.717) is 17.8 Å². The first-order chi connectivity index (χ1) is 14.2. The van der Waals surface area contributed by atoms with E-state index >= 15 is 0 Å². The minimum atomic E-state index is -3.49. The second kappa shape index (κ2) is 7.75. The van der Waals surface area contributed by atoms with Crippen LogP contribution < -0.4 is 4.72 Å². The highest BCUT2D eigenvalue weighted by atomic mass is 32.2. The van der Waals surface area contributed by atoms with Gasteiger partial charge < -0.3 is 9.88 Å². The molecule has 3 heterocycles. The molecule has 1 fully saturated rings. The molecule has 0 radical (unpaired) electrons. The zero-order valence-electron chi connectivity index (χ0n) is 17.4. The summed E-state index contributed by atoms with van der Waals surface area (Å²) in [5.41, 5.74) is 5.61. The molecule has 0 saturated carbocycles. The summed E-state index contributed by atoms with van der Waals surface area (Å²) in [5.74, 6) is -0.175. The molecule has 8 heteroatoms. The number of fused-ring (bicyclic) bond motifs is 1. The Morgan fingerprint density at radius 3 is 2.73 bits per heavy atom. The number of benzene rings is 1. The van der Waals surface area contributed by atoms with Gasteiger partial charge in [0.05, 0.1) is 34.6 Å². The molecule has 30 heavy (non-hydrogen) atoms. The molecule has 1 amide bonds. The van der Waals surface area contributed by atoms with Crippen LogP contribution >= 0.6 is 0 Å². The summed E-state index contributed by atoms with van der Waals surface area (Å²) in [6.45, 7) is 4.65. The maximum Gasteiger partial charge on any atom is 0.256 e. The van der Waals surface area contributed by atoms with Crippen LogP contribution in [0.1, 0.15) is 52.6 Å². The topological polar surface area (TPSA) is 95.2 Å². The van der Waals surface area contributed by atoms with E-state index in [4.69, 9.17) is 0 Å². The molecule has 1 aliphatic rings. The van der Waals surface area contributed by atoms with Gasteiger partial charge in [-0.2, -0.15) is 0 Å². The number of nitrogens with zero attached hydrogens (tertiary/aromatic N) is 2. The lowest BCUT2D eigenvalue weighted by Crippen LogP contribution is -2.39. The number of hydrogen-bond donors (Lipinski definition) is 2. The van der Waals surface area contributed by atoms with Gasteiger partial charge in [0.1, 0.15) is 0 Å². The Kier molecular flexibility index (Phi) is 5.27. The smallest absolute Gasteiger partial charge is 0.256 e. The Morgan fingerprint density at radius 1 is 1.20 bits per heavy atom. The largest absolute Gasteiger partial charge is 0.355 e. The summed E-state index contributed by atoms with van der Waals surface area (Å²) in [6.07, 6.45) is 3.87. The van der Waals surface area contributed by atoms with Crippen molar-refractivity contribution in [1.29, 1.82) is 0 Å². The summed E-state index contributed by atoms with van der Waals surface area (Å²) in [5, 5.41) is 0. The van der Waals surface area contributed by atoms with Crippen molar-refractivity contribution >= 4 is 32.7 Å². The number of para-hydroxylation sites is 1. The number of anilines is 1. The van der Waals surface area contributed by atoms with Crippen molar-refractivity contribution in [3.8, 4) is 0 Å². The van der Waals surface area contributed by atoms with Crippen LogP contribution in [0.25, 0.3) is 11.0 Å². The second-order valence-corrected chi connectivity index (χ2v) is 9.74. The molecule has 0 aliphatic carbocycles. The van der Waals surface area contributed by atoms with Gasteiger partial charge in [-0.1, -0.05) is 12.1 Å². The maximum atomic E-state index is 13.5. The fourth-order valence-corrected chi connectivity index (χ4v) is 4.83. The van der Waals surface area contributed by atoms with Gasteiger partial charge in [-0.15, -0.1) is 0 Å². The fraction of sp³-hybridized carbons (Fsp3) is 0.364. The number of piperidine rings is 1. The monoisotopic (exact) mass is 426 g/mol. The Morgan fingerprint density at radius 2 is 1.97 bits per heavy atom. The van der Waals surface area contributed by atoms with Crippen LogP contribution in [0.2, 0.25) is 0 Å². The number of pyridine rings is 1. The van der Waals surface area contributed by atoms with Crippen LogP contribution in [0.5, 0.6) is 0 Å². The molecule has 4 rings (SSSR count). The molecule has 1 atom stereocenters. The van der Waals surface area contributed by atoms with Crippen molar-refractivity contribution in [1.82, 2.24) is 14.9 Å². The number of carbonyl (C=O) groups is 1. The number of likely N-dealkylation sites (tertiary alicyclic amines) is 1. The number of nitrogens with one attached hydrogen (secondary N) is 2. The van der Waals surface area contributed by atoms with Gasteiger partial charge in [0.15, 0.2) is 0 Å². The summed E-state index contributed by atoms with van der Waals surface area (Å²) in [6, 6.07) is 10.7. The first-order valence-corrected chi connectivity index (χ1v) is 12.0. The van der Waals surface area contributed by atoms with Gasteiger partial charge in [-0.3, -0.25) is 14.5 Å². The SMILES string of the molecule is Cc1cc(C)c2[nH]c(C3CCCCN3C(=O)c3ccccc3NS(C)(=O)=O)cc2n1. The number of aryl methyl sites for hydroxylation is 2. The van der Waals surface area contributed by atoms with Crippen molar-refractivity contribution in [2.75, 3.05) is 17.5 Å². The van der Waals surface area contributed by atoms with Crippen molar-refractivity contribution in [2.24, 2.45) is 0 Å². The lowest BCUT2D eigenvalue weighted by molar-refractivity contribution is 0.0608. The third-order valence-corrected chi connectivity index (χ3v) is 6.10. The van der Waals surface area contributed by atoms with E-state index < -0.39 is 10.0 Å². The second-order valence-electron chi connectivity index (χ2n) is 8.00. The van der Waals surface area contributed by atoms with Crippen LogP contribution in [-0.4, -0.2) is 42.0 Å². The zero-order chi connectivity index (χ0) is 21.5. The third-order valence-electron chi connectivity index (χ3n) is 5.51. The van der Waals surface area contributed by atoms with Crippen LogP contribution in [0.4, 0.5) is 5.69 Å². The standard InChI is InChI=1S/C22H26N4O3S/c1-14-12-15(2)23-19-13-18(24-21(14)19)20-10-6-7-11-26(20)22(27)16-8-4-5-9-17(16)25-30(3,28)29/h4-5,8-9,12-13,20,24-25H,6-7,10-11H2,1-3H3. The molecule has 1 saturated heterocycles. The molecule has 2 aromatic heterocycles. The first kappa shape index (κ1) is 20.4. The van der Waals surface area contributed by atoms with Crippen LogP contribution in [-0.2, 0) is 10.0 Å². The number of amides is 1. The Bertz CT molecular complexity index is 1220. The summed E-state index contributed by atoms with van der Waals surface area (Å²) in [7, 11) is -3.49. The molecule has 1 aliphatic heterocycles. The van der Waals surface area contributed by atoms with Gasteiger partial charge in [0, 0.05) is 17.9 Å². The number of sulfonamides is 1. The number of carbonyl (C=O) groups excluding carboxylic acids is 1. The molecule has 0 bridgehead atoms. The highest BCUT2D eigenvalue weighted by Crippen LogP contribution is 2.34. The predicted molar refractivity (Wildman–Crippen MR) is 118 cm³/mol. The summed E-state index contributed by atoms with van der Waals surface area (Å²) < 4.78 is 26.0. The summed E-state index contributed by atoms with van der Waals surface area (Å²) in [4.78, 5) is 23.4. The molecular formula is C22H26N4O3S. The lowest BCUT2D eigenvalue weighted by Gasteiger charge is -2.35. The van der Waals surface area contributed by atoms with Crippen LogP contribution in [0, 0.1) is 13.8 Å². The number of aromatic amines is 1. The van der Waals surface area contributed by atoms with Gasteiger partial charge in [0.25, 0.3) is 5.91 Å². The van der Waals surface area contributed by atoms with E-state index in [9.17, 15) is 13.2 Å². The number of rotatable bonds is 4. The minimum absolute atomic E-state index is 0.105. The molecule has 3 aromatic rings. The number of hydrogen-bond acceptors (Lipinski definition) is 4. The molecule has 0 spiro atoms. The molecule has 1 unspecified atom stereocenters. The third kappa shape index (κ3) is 4.05. The van der Waals surface area contributed by atoms with E-state index in [2.05, 4.69) is 14.7 Å². The van der Waals surface area contributed by atoms with Gasteiger partial charge in [0.2, 0.25) is 10.0 Å². The highest BCUT2D eigenvalue weighted by molar-refractivity contribution is 7.92. The number of H-pyrrole nitrogens is 1. The van der Waals surface area contributed by atoms with Crippen molar-refractivity contribution in [3.05, 3.63) is 58.9 Å². The average molecular weight is 427 g/mol. The van der Waals surface area contributed by atoms with Gasteiger partial charge in [-0.25, -0.2) is 8.42 Å². The highest BCUT2D eigenvalue weighted by Gasteiger charge is 2.31. The van der Waals surface area contributed by atoms with Crippen LogP contribution in [0.3, 0.4) is 0 Å². The van der Waals surface area contributed by atoms with E-state index in [1.54, 1.807) is 24.3 Å². The van der Waals surface area contributed by atoms with Crippen molar-refractivity contribution in [2.45, 2.75) is 39.2 Å². The van der Waals surface area contributed by atoms with E-state index in [1.165, 1.54) is 0 Å². The Labute approximate surface area is 176 Å². The van der Waals surface area contributed by atoms with E-state index in [0.717, 1.165) is 53.5 Å². The Hall–Kier alpha value is -2.87. The summed E-state index contributed by atoms with van der Waals surface area (Å²) >= 11 is 0. The quantitative estimate of drug-likeness (QED) is 0.661.